The van der Waals surface area contributed by atoms with E-state index in [4.69, 9.17) is 9.72 Å². The van der Waals surface area contributed by atoms with Crippen molar-refractivity contribution in [1.29, 1.82) is 0 Å². The summed E-state index contributed by atoms with van der Waals surface area (Å²) in [5.74, 6) is -0.321. The van der Waals surface area contributed by atoms with Gasteiger partial charge in [-0.05, 0) is 37.5 Å². The molecule has 1 heterocycles. The number of nitrogens with zero attached hydrogens (tertiary/aromatic N) is 2. The Morgan fingerprint density at radius 2 is 1.89 bits per heavy atom. The fourth-order valence-electron chi connectivity index (χ4n) is 3.07. The van der Waals surface area contributed by atoms with Gasteiger partial charge in [0.25, 0.3) is 5.56 Å². The van der Waals surface area contributed by atoms with Gasteiger partial charge in [-0.1, -0.05) is 54.2 Å². The largest absolute Gasteiger partial charge is 0.465 e. The molecular weight excluding hydrogens is 360 g/mol. The van der Waals surface area contributed by atoms with Crippen LogP contribution in [0.25, 0.3) is 10.9 Å². The first kappa shape index (κ1) is 17.8. The summed E-state index contributed by atoms with van der Waals surface area (Å²) >= 11 is 1.29. The third-order valence-corrected chi connectivity index (χ3v) is 5.71. The lowest BCUT2D eigenvalue weighted by Gasteiger charge is -2.18. The molecule has 0 saturated heterocycles. The van der Waals surface area contributed by atoms with E-state index >= 15 is 0 Å². The Balaban J connectivity index is 1.81. The molecule has 1 fully saturated rings. The zero-order valence-electron chi connectivity index (χ0n) is 15.0. The molecule has 1 aromatic heterocycles. The molecule has 1 aliphatic rings. The van der Waals surface area contributed by atoms with Crippen molar-refractivity contribution >= 4 is 28.6 Å². The number of benzene rings is 2. The van der Waals surface area contributed by atoms with Crippen molar-refractivity contribution in [2.45, 2.75) is 36.2 Å². The van der Waals surface area contributed by atoms with Gasteiger partial charge in [-0.3, -0.25) is 14.2 Å². The highest BCUT2D eigenvalue weighted by atomic mass is 32.2. The van der Waals surface area contributed by atoms with Gasteiger partial charge >= 0.3 is 5.97 Å². The number of hydrogen-bond donors (Lipinski definition) is 0. The number of hydrogen-bond acceptors (Lipinski definition) is 5. The number of thioether (sulfide) groups is 1. The lowest BCUT2D eigenvalue weighted by atomic mass is 10.1. The summed E-state index contributed by atoms with van der Waals surface area (Å²) < 4.78 is 7.04. The maximum Gasteiger partial charge on any atom is 0.324 e. The van der Waals surface area contributed by atoms with E-state index < -0.39 is 5.25 Å². The van der Waals surface area contributed by atoms with Crippen LogP contribution in [0.5, 0.6) is 0 Å². The van der Waals surface area contributed by atoms with Crippen molar-refractivity contribution in [3.63, 3.8) is 0 Å². The molecule has 4 rings (SSSR count). The zero-order valence-corrected chi connectivity index (χ0v) is 15.8. The number of carbonyl (C=O) groups is 1. The second-order valence-corrected chi connectivity index (χ2v) is 7.55. The van der Waals surface area contributed by atoms with Crippen molar-refractivity contribution in [2.24, 2.45) is 0 Å². The van der Waals surface area contributed by atoms with E-state index in [0.717, 1.165) is 18.4 Å². The summed E-state index contributed by atoms with van der Waals surface area (Å²) in [6.07, 6.45) is 1.92. The quantitative estimate of drug-likeness (QED) is 0.366. The standard InChI is InChI=1S/C21H20N2O3S/c1-2-26-20(25)18(14-8-4-3-5-9-14)27-21-22-17-11-7-6-10-16(17)19(24)23(21)15-12-13-15/h3-11,15,18H,2,12-13H2,1H3/t18-/m0/s1. The van der Waals surface area contributed by atoms with E-state index in [1.807, 2.05) is 48.5 Å². The Hall–Kier alpha value is -2.60. The molecule has 138 valence electrons. The summed E-state index contributed by atoms with van der Waals surface area (Å²) in [5.41, 5.74) is 1.45. The van der Waals surface area contributed by atoms with Gasteiger partial charge in [0.1, 0.15) is 5.25 Å². The molecule has 2 aromatic carbocycles. The molecule has 1 atom stereocenters. The number of ether oxygens (including phenoxy) is 1. The lowest BCUT2D eigenvalue weighted by Crippen LogP contribution is -2.23. The van der Waals surface area contributed by atoms with Crippen LogP contribution in [0, 0.1) is 0 Å². The summed E-state index contributed by atoms with van der Waals surface area (Å²) in [5, 5.41) is 0.619. The van der Waals surface area contributed by atoms with Gasteiger partial charge in [-0.25, -0.2) is 4.98 Å². The molecule has 0 unspecified atom stereocenters. The minimum atomic E-state index is -0.566. The summed E-state index contributed by atoms with van der Waals surface area (Å²) in [4.78, 5) is 30.4. The van der Waals surface area contributed by atoms with Gasteiger partial charge in [0.15, 0.2) is 5.16 Å². The van der Waals surface area contributed by atoms with Gasteiger partial charge in [-0.2, -0.15) is 0 Å². The Kier molecular flexibility index (Phi) is 4.99. The maximum absolute atomic E-state index is 13.0. The minimum Gasteiger partial charge on any atom is -0.465 e. The molecule has 3 aromatic rings. The van der Waals surface area contributed by atoms with Crippen molar-refractivity contribution in [2.75, 3.05) is 6.61 Å². The van der Waals surface area contributed by atoms with E-state index in [-0.39, 0.29) is 17.6 Å². The molecule has 6 heteroatoms. The SMILES string of the molecule is CCOC(=O)[C@@H](Sc1nc2ccccc2c(=O)n1C1CC1)c1ccccc1. The van der Waals surface area contributed by atoms with Gasteiger partial charge in [0, 0.05) is 6.04 Å². The first-order valence-electron chi connectivity index (χ1n) is 9.08. The van der Waals surface area contributed by atoms with E-state index in [1.54, 1.807) is 17.6 Å². The van der Waals surface area contributed by atoms with Crippen LogP contribution < -0.4 is 5.56 Å². The highest BCUT2D eigenvalue weighted by Gasteiger charge is 2.32. The second-order valence-electron chi connectivity index (χ2n) is 6.48. The predicted molar refractivity (Wildman–Crippen MR) is 106 cm³/mol. The molecule has 1 saturated carbocycles. The fourth-order valence-corrected chi connectivity index (χ4v) is 4.23. The normalized spacial score (nSPS) is 14.9. The van der Waals surface area contributed by atoms with Crippen LogP contribution in [-0.2, 0) is 9.53 Å². The molecule has 0 aliphatic heterocycles. The highest BCUT2D eigenvalue weighted by Crippen LogP contribution is 2.41. The van der Waals surface area contributed by atoms with Crippen LogP contribution in [0.3, 0.4) is 0 Å². The van der Waals surface area contributed by atoms with Crippen LogP contribution in [0.4, 0.5) is 0 Å². The molecule has 5 nitrogen and oxygen atoms in total. The third kappa shape index (κ3) is 3.62. The first-order chi connectivity index (χ1) is 13.2. The number of fused-ring (bicyclic) bond motifs is 1. The first-order valence-corrected chi connectivity index (χ1v) is 9.96. The molecule has 0 spiro atoms. The number of aromatic nitrogens is 2. The van der Waals surface area contributed by atoms with Crippen molar-refractivity contribution in [3.05, 3.63) is 70.5 Å². The van der Waals surface area contributed by atoms with Crippen LogP contribution in [0.1, 0.15) is 36.6 Å². The number of rotatable bonds is 6. The Morgan fingerprint density at radius 3 is 2.59 bits per heavy atom. The van der Waals surface area contributed by atoms with Crippen molar-refractivity contribution < 1.29 is 9.53 Å². The summed E-state index contributed by atoms with van der Waals surface area (Å²) in [7, 11) is 0. The van der Waals surface area contributed by atoms with Crippen molar-refractivity contribution in [3.8, 4) is 0 Å². The Bertz CT molecular complexity index is 1030. The predicted octanol–water partition coefficient (Wildman–Crippen LogP) is 4.13. The molecule has 0 amide bonds. The van der Waals surface area contributed by atoms with E-state index in [9.17, 15) is 9.59 Å². The smallest absolute Gasteiger partial charge is 0.324 e. The highest BCUT2D eigenvalue weighted by molar-refractivity contribution is 8.00. The average Bonchev–Trinajstić information content (AvgIpc) is 3.52. The zero-order chi connectivity index (χ0) is 18.8. The van der Waals surface area contributed by atoms with E-state index in [1.165, 1.54) is 11.8 Å². The average molecular weight is 380 g/mol. The Morgan fingerprint density at radius 1 is 1.19 bits per heavy atom. The van der Waals surface area contributed by atoms with Gasteiger partial charge in [-0.15, -0.1) is 0 Å². The maximum atomic E-state index is 13.0. The lowest BCUT2D eigenvalue weighted by molar-refractivity contribution is -0.142. The molecule has 0 radical (unpaired) electrons. The summed E-state index contributed by atoms with van der Waals surface area (Å²) in [6.45, 7) is 2.10. The van der Waals surface area contributed by atoms with Gasteiger partial charge in [0.05, 0.1) is 17.5 Å². The van der Waals surface area contributed by atoms with Crippen LogP contribution in [0.15, 0.2) is 64.5 Å². The fraction of sp³-hybridized carbons (Fsp3) is 0.286. The number of esters is 1. The number of para-hydroxylation sites is 1. The third-order valence-electron chi connectivity index (χ3n) is 4.51. The number of carbonyl (C=O) groups excluding carboxylic acids is 1. The Labute approximate surface area is 161 Å². The van der Waals surface area contributed by atoms with Gasteiger partial charge in [0.2, 0.25) is 0 Å². The van der Waals surface area contributed by atoms with Crippen LogP contribution in [-0.4, -0.2) is 22.1 Å². The monoisotopic (exact) mass is 380 g/mol. The van der Waals surface area contributed by atoms with Crippen LogP contribution in [0.2, 0.25) is 0 Å². The molecular formula is C21H20N2O3S. The minimum absolute atomic E-state index is 0.0405. The van der Waals surface area contributed by atoms with Crippen LogP contribution >= 0.6 is 11.8 Å². The van der Waals surface area contributed by atoms with E-state index in [0.29, 0.717) is 22.7 Å². The van der Waals surface area contributed by atoms with Crippen molar-refractivity contribution in [1.82, 2.24) is 9.55 Å². The molecule has 0 N–H and O–H groups in total. The topological polar surface area (TPSA) is 61.2 Å². The molecule has 1 aliphatic carbocycles. The van der Waals surface area contributed by atoms with E-state index in [2.05, 4.69) is 0 Å². The molecule has 27 heavy (non-hydrogen) atoms. The molecule has 0 bridgehead atoms. The van der Waals surface area contributed by atoms with Gasteiger partial charge < -0.3 is 4.74 Å². The summed E-state index contributed by atoms with van der Waals surface area (Å²) in [6, 6.07) is 17.0. The second kappa shape index (κ2) is 7.56.